The molecule has 2 N–H and O–H groups in total. The highest BCUT2D eigenvalue weighted by Gasteiger charge is 2.15. The fourth-order valence-corrected chi connectivity index (χ4v) is 1.84. The number of nitrogens with one attached hydrogen (secondary N) is 2. The van der Waals surface area contributed by atoms with Gasteiger partial charge in [0.05, 0.1) is 6.04 Å². The molecule has 2 atom stereocenters. The highest BCUT2D eigenvalue weighted by molar-refractivity contribution is 5.81. The third-order valence-electron chi connectivity index (χ3n) is 3.09. The lowest BCUT2D eigenvalue weighted by Gasteiger charge is -2.20. The van der Waals surface area contributed by atoms with Crippen molar-refractivity contribution in [2.75, 3.05) is 6.54 Å². The van der Waals surface area contributed by atoms with Crippen molar-refractivity contribution >= 4 is 5.91 Å². The highest BCUT2D eigenvalue weighted by atomic mass is 19.1. The molecule has 0 saturated heterocycles. The molecular formula is C15H23FN2O. The lowest BCUT2D eigenvalue weighted by molar-refractivity contribution is -0.122. The molecule has 0 aliphatic rings. The number of halogens is 1. The molecule has 1 amide bonds. The van der Waals surface area contributed by atoms with Crippen molar-refractivity contribution in [2.45, 2.75) is 45.7 Å². The number of carbonyl (C=O) groups is 1. The third kappa shape index (κ3) is 5.39. The molecule has 0 spiro atoms. The Balaban J connectivity index is 2.44. The number of unbranched alkanes of at least 4 members (excludes halogenated alkanes) is 1. The first-order valence-corrected chi connectivity index (χ1v) is 6.83. The number of carbonyl (C=O) groups excluding carboxylic acids is 1. The Morgan fingerprint density at radius 2 is 1.89 bits per heavy atom. The number of hydrogen-bond acceptors (Lipinski definition) is 2. The molecule has 0 radical (unpaired) electrons. The van der Waals surface area contributed by atoms with E-state index in [2.05, 4.69) is 17.6 Å². The van der Waals surface area contributed by atoms with Gasteiger partial charge in [-0.1, -0.05) is 25.5 Å². The Bertz CT molecular complexity index is 392. The van der Waals surface area contributed by atoms with Crippen molar-refractivity contribution < 1.29 is 9.18 Å². The van der Waals surface area contributed by atoms with Gasteiger partial charge in [0.25, 0.3) is 0 Å². The van der Waals surface area contributed by atoms with Crippen molar-refractivity contribution in [1.82, 2.24) is 10.6 Å². The maximum atomic E-state index is 12.8. The third-order valence-corrected chi connectivity index (χ3v) is 3.09. The van der Waals surface area contributed by atoms with E-state index in [0.29, 0.717) is 6.54 Å². The molecule has 106 valence electrons. The van der Waals surface area contributed by atoms with Crippen LogP contribution in [0.15, 0.2) is 24.3 Å². The van der Waals surface area contributed by atoms with Gasteiger partial charge in [0, 0.05) is 12.6 Å². The van der Waals surface area contributed by atoms with Crippen LogP contribution in [-0.4, -0.2) is 18.5 Å². The summed E-state index contributed by atoms with van der Waals surface area (Å²) in [6, 6.07) is 6.06. The summed E-state index contributed by atoms with van der Waals surface area (Å²) >= 11 is 0. The minimum Gasteiger partial charge on any atom is -0.355 e. The first kappa shape index (κ1) is 15.6. The number of rotatable bonds is 7. The lowest BCUT2D eigenvalue weighted by Crippen LogP contribution is -2.43. The molecular weight excluding hydrogens is 243 g/mol. The zero-order valence-corrected chi connectivity index (χ0v) is 11.9. The van der Waals surface area contributed by atoms with Crippen LogP contribution < -0.4 is 10.6 Å². The van der Waals surface area contributed by atoms with E-state index in [-0.39, 0.29) is 23.8 Å². The molecule has 0 fully saturated rings. The molecule has 0 bridgehead atoms. The summed E-state index contributed by atoms with van der Waals surface area (Å²) in [7, 11) is 0. The maximum absolute atomic E-state index is 12.8. The van der Waals surface area contributed by atoms with E-state index in [0.717, 1.165) is 18.4 Å². The van der Waals surface area contributed by atoms with Gasteiger partial charge >= 0.3 is 0 Å². The first-order valence-electron chi connectivity index (χ1n) is 6.83. The fourth-order valence-electron chi connectivity index (χ4n) is 1.84. The second-order valence-electron chi connectivity index (χ2n) is 4.81. The Morgan fingerprint density at radius 1 is 1.26 bits per heavy atom. The molecule has 3 nitrogen and oxygen atoms in total. The minimum atomic E-state index is -0.267. The van der Waals surface area contributed by atoms with E-state index >= 15 is 0 Å². The largest absolute Gasteiger partial charge is 0.355 e. The molecule has 1 aromatic rings. The fraction of sp³-hybridized carbons (Fsp3) is 0.533. The van der Waals surface area contributed by atoms with Gasteiger partial charge < -0.3 is 5.32 Å². The summed E-state index contributed by atoms with van der Waals surface area (Å²) < 4.78 is 12.8. The number of benzene rings is 1. The van der Waals surface area contributed by atoms with Crippen LogP contribution in [0.25, 0.3) is 0 Å². The summed E-state index contributed by atoms with van der Waals surface area (Å²) in [6.07, 6.45) is 2.06. The minimum absolute atomic E-state index is 0.00223. The normalized spacial score (nSPS) is 13.9. The van der Waals surface area contributed by atoms with Crippen molar-refractivity contribution in [3.63, 3.8) is 0 Å². The average molecular weight is 266 g/mol. The molecule has 1 rings (SSSR count). The standard InChI is InChI=1S/C15H23FN2O/c1-4-5-10-17-15(19)12(3)18-11(2)13-6-8-14(16)9-7-13/h6-9,11-12,18H,4-5,10H2,1-3H3,(H,17,19). The quantitative estimate of drug-likeness (QED) is 0.745. The van der Waals surface area contributed by atoms with Crippen LogP contribution in [0, 0.1) is 5.82 Å². The zero-order valence-electron chi connectivity index (χ0n) is 11.9. The molecule has 2 unspecified atom stereocenters. The van der Waals surface area contributed by atoms with Crippen LogP contribution >= 0.6 is 0 Å². The van der Waals surface area contributed by atoms with Gasteiger partial charge in [-0.25, -0.2) is 4.39 Å². The Morgan fingerprint density at radius 3 is 2.47 bits per heavy atom. The first-order chi connectivity index (χ1) is 9.04. The van der Waals surface area contributed by atoms with E-state index in [4.69, 9.17) is 0 Å². The van der Waals surface area contributed by atoms with Crippen LogP contribution in [0.4, 0.5) is 4.39 Å². The molecule has 0 aromatic heterocycles. The van der Waals surface area contributed by atoms with E-state index in [1.165, 1.54) is 12.1 Å². The van der Waals surface area contributed by atoms with Gasteiger partial charge in [0.2, 0.25) is 5.91 Å². The van der Waals surface area contributed by atoms with Crippen LogP contribution in [0.2, 0.25) is 0 Å². The van der Waals surface area contributed by atoms with Crippen molar-refractivity contribution in [3.05, 3.63) is 35.6 Å². The second kappa shape index (κ2) is 7.89. The summed E-state index contributed by atoms with van der Waals surface area (Å²) in [5.74, 6) is -0.247. The van der Waals surface area contributed by atoms with Crippen LogP contribution in [0.3, 0.4) is 0 Å². The van der Waals surface area contributed by atoms with Gasteiger partial charge in [-0.15, -0.1) is 0 Å². The predicted octanol–water partition coefficient (Wildman–Crippen LogP) is 2.78. The molecule has 0 aliphatic carbocycles. The van der Waals surface area contributed by atoms with Gasteiger partial charge in [-0.05, 0) is 38.0 Å². The van der Waals surface area contributed by atoms with Crippen LogP contribution in [0.1, 0.15) is 45.2 Å². The van der Waals surface area contributed by atoms with Gasteiger partial charge in [0.1, 0.15) is 5.82 Å². The topological polar surface area (TPSA) is 41.1 Å². The summed E-state index contributed by atoms with van der Waals surface area (Å²) in [5, 5.41) is 6.10. The smallest absolute Gasteiger partial charge is 0.236 e. The van der Waals surface area contributed by atoms with Crippen molar-refractivity contribution in [2.24, 2.45) is 0 Å². The lowest BCUT2D eigenvalue weighted by atomic mass is 10.1. The zero-order chi connectivity index (χ0) is 14.3. The van der Waals surface area contributed by atoms with E-state index in [1.807, 2.05) is 13.8 Å². The molecule has 0 saturated carbocycles. The SMILES string of the molecule is CCCCNC(=O)C(C)NC(C)c1ccc(F)cc1. The number of hydrogen-bond donors (Lipinski definition) is 2. The molecule has 1 aromatic carbocycles. The van der Waals surface area contributed by atoms with Gasteiger partial charge in [0.15, 0.2) is 0 Å². The molecule has 0 aliphatic heterocycles. The predicted molar refractivity (Wildman–Crippen MR) is 75.3 cm³/mol. The van der Waals surface area contributed by atoms with Gasteiger partial charge in [-0.3, -0.25) is 10.1 Å². The number of amides is 1. The molecule has 4 heteroatoms. The molecule has 0 heterocycles. The van der Waals surface area contributed by atoms with Crippen LogP contribution in [-0.2, 0) is 4.79 Å². The van der Waals surface area contributed by atoms with E-state index < -0.39 is 0 Å². The monoisotopic (exact) mass is 266 g/mol. The van der Waals surface area contributed by atoms with Gasteiger partial charge in [-0.2, -0.15) is 0 Å². The molecule has 19 heavy (non-hydrogen) atoms. The van der Waals surface area contributed by atoms with Crippen molar-refractivity contribution in [3.8, 4) is 0 Å². The van der Waals surface area contributed by atoms with Crippen molar-refractivity contribution in [1.29, 1.82) is 0 Å². The Kier molecular flexibility index (Phi) is 6.50. The summed E-state index contributed by atoms with van der Waals surface area (Å²) in [4.78, 5) is 11.8. The average Bonchev–Trinajstić information content (AvgIpc) is 2.39. The van der Waals surface area contributed by atoms with Crippen LogP contribution in [0.5, 0.6) is 0 Å². The van der Waals surface area contributed by atoms with E-state index in [1.54, 1.807) is 12.1 Å². The highest BCUT2D eigenvalue weighted by Crippen LogP contribution is 2.13. The Hall–Kier alpha value is -1.42. The summed E-state index contributed by atoms with van der Waals surface area (Å²) in [5.41, 5.74) is 0.967. The maximum Gasteiger partial charge on any atom is 0.236 e. The van der Waals surface area contributed by atoms with E-state index in [9.17, 15) is 9.18 Å². The summed E-state index contributed by atoms with van der Waals surface area (Å²) in [6.45, 7) is 6.60. The second-order valence-corrected chi connectivity index (χ2v) is 4.81. The Labute approximate surface area is 114 Å².